The monoisotopic (exact) mass is 310 g/mol. The van der Waals surface area contributed by atoms with Gasteiger partial charge in [-0.25, -0.2) is 0 Å². The minimum absolute atomic E-state index is 0.286. The lowest BCUT2D eigenvalue weighted by Crippen LogP contribution is -2.34. The molecule has 3 nitrogen and oxygen atoms in total. The van der Waals surface area contributed by atoms with E-state index >= 15 is 0 Å². The van der Waals surface area contributed by atoms with Crippen molar-refractivity contribution in [2.75, 3.05) is 13.7 Å². The lowest BCUT2D eigenvalue weighted by molar-refractivity contribution is 0.296. The molecular weight excluding hydrogens is 284 g/mol. The molecule has 0 saturated carbocycles. The smallest absolute Gasteiger partial charge is 0.122 e. The molecule has 4 rings (SSSR count). The zero-order valence-electron chi connectivity index (χ0n) is 13.8. The van der Waals surface area contributed by atoms with Gasteiger partial charge in [0, 0.05) is 30.5 Å². The molecule has 0 aromatic heterocycles. The number of nitrogens with one attached hydrogen (secondary N) is 1. The summed E-state index contributed by atoms with van der Waals surface area (Å²) in [5.74, 6) is 3.39. The van der Waals surface area contributed by atoms with E-state index in [9.17, 15) is 0 Å². The van der Waals surface area contributed by atoms with Gasteiger partial charge in [-0.1, -0.05) is 30.4 Å². The van der Waals surface area contributed by atoms with E-state index in [-0.39, 0.29) is 6.17 Å². The number of rotatable bonds is 3. The van der Waals surface area contributed by atoms with E-state index in [1.807, 2.05) is 0 Å². The molecule has 2 heterocycles. The van der Waals surface area contributed by atoms with Crippen LogP contribution in [0.4, 0.5) is 0 Å². The van der Waals surface area contributed by atoms with Crippen molar-refractivity contribution in [3.05, 3.63) is 42.0 Å². The van der Waals surface area contributed by atoms with Crippen molar-refractivity contribution in [1.82, 2.24) is 5.32 Å². The average Bonchev–Trinajstić information content (AvgIpc) is 3.05. The lowest BCUT2D eigenvalue weighted by atomic mass is 9.74. The summed E-state index contributed by atoms with van der Waals surface area (Å²) in [4.78, 5) is 4.87. The Labute approximate surface area is 138 Å². The van der Waals surface area contributed by atoms with Crippen LogP contribution in [-0.2, 0) is 0 Å². The summed E-state index contributed by atoms with van der Waals surface area (Å²) >= 11 is 0. The van der Waals surface area contributed by atoms with Crippen molar-refractivity contribution in [2.24, 2.45) is 22.7 Å². The summed E-state index contributed by atoms with van der Waals surface area (Å²) in [6.45, 7) is 1.00. The second-order valence-electron chi connectivity index (χ2n) is 7.09. The van der Waals surface area contributed by atoms with Crippen molar-refractivity contribution >= 4 is 6.21 Å². The van der Waals surface area contributed by atoms with Crippen molar-refractivity contribution in [2.45, 2.75) is 37.8 Å². The van der Waals surface area contributed by atoms with Crippen LogP contribution in [0.2, 0.25) is 0 Å². The molecule has 1 fully saturated rings. The maximum atomic E-state index is 5.60. The normalized spacial score (nSPS) is 36.0. The van der Waals surface area contributed by atoms with Crippen molar-refractivity contribution in [1.29, 1.82) is 0 Å². The van der Waals surface area contributed by atoms with E-state index in [0.717, 1.165) is 12.3 Å². The van der Waals surface area contributed by atoms with Crippen LogP contribution in [0.5, 0.6) is 5.75 Å². The Balaban J connectivity index is 1.57. The van der Waals surface area contributed by atoms with Crippen LogP contribution in [0.3, 0.4) is 0 Å². The first-order chi connectivity index (χ1) is 11.4. The Morgan fingerprint density at radius 3 is 2.96 bits per heavy atom. The van der Waals surface area contributed by atoms with Crippen molar-refractivity contribution < 1.29 is 4.74 Å². The van der Waals surface area contributed by atoms with Gasteiger partial charge in [-0.3, -0.25) is 10.3 Å². The van der Waals surface area contributed by atoms with E-state index in [2.05, 4.69) is 47.9 Å². The Bertz CT molecular complexity index is 609. The van der Waals surface area contributed by atoms with Gasteiger partial charge in [-0.05, 0) is 43.2 Å². The fraction of sp³-hybridized carbons (Fsp3) is 0.550. The Morgan fingerprint density at radius 2 is 2.13 bits per heavy atom. The summed E-state index contributed by atoms with van der Waals surface area (Å²) in [5.41, 5.74) is 1.34. The van der Waals surface area contributed by atoms with Gasteiger partial charge in [0.2, 0.25) is 0 Å². The second kappa shape index (κ2) is 6.48. The van der Waals surface area contributed by atoms with Gasteiger partial charge in [-0.15, -0.1) is 0 Å². The third kappa shape index (κ3) is 2.83. The van der Waals surface area contributed by atoms with E-state index in [1.165, 1.54) is 31.2 Å². The zero-order chi connectivity index (χ0) is 15.6. The molecule has 2 aliphatic heterocycles. The van der Waals surface area contributed by atoms with Gasteiger partial charge >= 0.3 is 0 Å². The number of nitrogens with zero attached hydrogens (tertiary/aromatic N) is 1. The van der Waals surface area contributed by atoms with Gasteiger partial charge < -0.3 is 4.74 Å². The first-order valence-corrected chi connectivity index (χ1v) is 8.93. The molecule has 5 atom stereocenters. The Morgan fingerprint density at radius 1 is 1.22 bits per heavy atom. The molecule has 0 radical (unpaired) electrons. The second-order valence-corrected chi connectivity index (χ2v) is 7.09. The Hall–Kier alpha value is -1.61. The maximum Gasteiger partial charge on any atom is 0.122 e. The molecule has 0 spiro atoms. The van der Waals surface area contributed by atoms with Gasteiger partial charge in [-0.2, -0.15) is 0 Å². The van der Waals surface area contributed by atoms with E-state index < -0.39 is 0 Å². The van der Waals surface area contributed by atoms with Crippen molar-refractivity contribution in [3.63, 3.8) is 0 Å². The molecule has 3 heteroatoms. The number of ether oxygens (including phenoxy) is 1. The fourth-order valence-electron chi connectivity index (χ4n) is 4.60. The molecule has 0 bridgehead atoms. The molecule has 3 aliphatic rings. The highest BCUT2D eigenvalue weighted by atomic mass is 16.5. The van der Waals surface area contributed by atoms with Crippen molar-refractivity contribution in [3.8, 4) is 5.75 Å². The number of aliphatic imine (C=N–C) groups is 1. The van der Waals surface area contributed by atoms with Gasteiger partial charge in [0.05, 0.1) is 7.11 Å². The van der Waals surface area contributed by atoms with Crippen LogP contribution >= 0.6 is 0 Å². The maximum absolute atomic E-state index is 5.60. The number of fused-ring (bicyclic) bond motifs is 1. The summed E-state index contributed by atoms with van der Waals surface area (Å²) < 4.78 is 5.60. The first-order valence-electron chi connectivity index (χ1n) is 8.93. The number of methoxy groups -OCH3 is 1. The van der Waals surface area contributed by atoms with Crippen LogP contribution in [0.1, 0.15) is 37.2 Å². The molecule has 1 aromatic rings. The number of hydrogen-bond acceptors (Lipinski definition) is 3. The van der Waals surface area contributed by atoms with Crippen LogP contribution < -0.4 is 10.1 Å². The number of hydrogen-bond donors (Lipinski definition) is 1. The number of allylic oxidation sites excluding steroid dienone is 2. The highest BCUT2D eigenvalue weighted by molar-refractivity contribution is 5.63. The average molecular weight is 310 g/mol. The molecule has 5 unspecified atom stereocenters. The molecule has 1 N–H and O–H groups in total. The quantitative estimate of drug-likeness (QED) is 0.862. The summed E-state index contributed by atoms with van der Waals surface area (Å²) in [6.07, 6.45) is 12.4. The Kier molecular flexibility index (Phi) is 4.21. The summed E-state index contributed by atoms with van der Waals surface area (Å²) in [6, 6.07) is 8.48. The molecule has 122 valence electrons. The zero-order valence-corrected chi connectivity index (χ0v) is 13.8. The highest BCUT2D eigenvalue weighted by Gasteiger charge is 2.41. The SMILES string of the molecule is COc1ccccc1C1CNC2N=CC(C3C=CCCC3)CC21. The fourth-order valence-corrected chi connectivity index (χ4v) is 4.60. The minimum atomic E-state index is 0.286. The third-order valence-electron chi connectivity index (χ3n) is 5.83. The molecule has 1 aromatic carbocycles. The van der Waals surface area contributed by atoms with E-state index in [4.69, 9.17) is 9.73 Å². The van der Waals surface area contributed by atoms with E-state index in [0.29, 0.717) is 23.7 Å². The van der Waals surface area contributed by atoms with E-state index in [1.54, 1.807) is 7.11 Å². The summed E-state index contributed by atoms with van der Waals surface area (Å²) in [7, 11) is 1.77. The molecule has 0 amide bonds. The molecule has 1 aliphatic carbocycles. The predicted molar refractivity (Wildman–Crippen MR) is 94.1 cm³/mol. The number of benzene rings is 1. The first kappa shape index (κ1) is 14.9. The predicted octanol–water partition coefficient (Wildman–Crippen LogP) is 3.77. The summed E-state index contributed by atoms with van der Waals surface area (Å²) in [5, 5.41) is 3.61. The third-order valence-corrected chi connectivity index (χ3v) is 5.83. The minimum Gasteiger partial charge on any atom is -0.496 e. The topological polar surface area (TPSA) is 33.6 Å². The number of para-hydroxylation sites is 1. The van der Waals surface area contributed by atoms with Crippen LogP contribution in [0.15, 0.2) is 41.4 Å². The largest absolute Gasteiger partial charge is 0.496 e. The molecule has 1 saturated heterocycles. The van der Waals surface area contributed by atoms with Crippen LogP contribution in [0, 0.1) is 17.8 Å². The highest BCUT2D eigenvalue weighted by Crippen LogP contribution is 2.43. The van der Waals surface area contributed by atoms with Gasteiger partial charge in [0.15, 0.2) is 0 Å². The molecule has 23 heavy (non-hydrogen) atoms. The van der Waals surface area contributed by atoms with Gasteiger partial charge in [0.25, 0.3) is 0 Å². The lowest BCUT2D eigenvalue weighted by Gasteiger charge is -2.33. The van der Waals surface area contributed by atoms with Crippen LogP contribution in [0.25, 0.3) is 0 Å². The molecular formula is C20H26N2O. The van der Waals surface area contributed by atoms with Gasteiger partial charge in [0.1, 0.15) is 11.9 Å². The van der Waals surface area contributed by atoms with Crippen LogP contribution in [-0.4, -0.2) is 26.0 Å². The standard InChI is InChI=1S/C20H26N2O/c1-23-19-10-6-5-9-16(19)18-13-22-20-17(18)11-15(12-21-20)14-7-3-2-4-8-14/h3,5-7,9-10,12,14-15,17-18,20,22H,2,4,8,11,13H2,1H3.